The minimum absolute atomic E-state index is 0.130. The van der Waals surface area contributed by atoms with E-state index < -0.39 is 0 Å². The Balaban J connectivity index is 1.43. The number of hydrogen-bond acceptors (Lipinski definition) is 4. The SMILES string of the molecule is Cc1cccn2c(NC(=O)Cc3csc(-c4ccc(F)cc4)n3)c(-c3ccccc3)nc12. The van der Waals surface area contributed by atoms with Crippen LogP contribution in [0.3, 0.4) is 0 Å². The Morgan fingerprint density at radius 2 is 1.78 bits per heavy atom. The molecule has 2 aromatic carbocycles. The summed E-state index contributed by atoms with van der Waals surface area (Å²) in [5.41, 5.74) is 4.96. The van der Waals surface area contributed by atoms with Gasteiger partial charge in [-0.2, -0.15) is 0 Å². The molecule has 0 aliphatic carbocycles. The minimum Gasteiger partial charge on any atom is -0.310 e. The molecule has 3 aromatic heterocycles. The lowest BCUT2D eigenvalue weighted by Crippen LogP contribution is -2.16. The third kappa shape index (κ3) is 3.90. The fourth-order valence-electron chi connectivity index (χ4n) is 3.57. The van der Waals surface area contributed by atoms with Gasteiger partial charge in [0.25, 0.3) is 0 Å². The highest BCUT2D eigenvalue weighted by atomic mass is 32.1. The second-order valence-electron chi connectivity index (χ2n) is 7.44. The number of thiazole rings is 1. The summed E-state index contributed by atoms with van der Waals surface area (Å²) in [7, 11) is 0. The van der Waals surface area contributed by atoms with Crippen LogP contribution >= 0.6 is 11.3 Å². The summed E-state index contributed by atoms with van der Waals surface area (Å²) < 4.78 is 15.1. The van der Waals surface area contributed by atoms with Crippen LogP contribution in [0.4, 0.5) is 10.2 Å². The zero-order valence-corrected chi connectivity index (χ0v) is 18.1. The lowest BCUT2D eigenvalue weighted by Gasteiger charge is -2.07. The molecule has 5 rings (SSSR count). The summed E-state index contributed by atoms with van der Waals surface area (Å²) in [6.07, 6.45) is 2.03. The number of benzene rings is 2. The minimum atomic E-state index is -0.289. The van der Waals surface area contributed by atoms with E-state index in [0.717, 1.165) is 33.0 Å². The first-order chi connectivity index (χ1) is 15.6. The first-order valence-corrected chi connectivity index (χ1v) is 11.0. The van der Waals surface area contributed by atoms with Crippen molar-refractivity contribution in [2.75, 3.05) is 5.32 Å². The molecule has 3 heterocycles. The van der Waals surface area contributed by atoms with Crippen LogP contribution in [0.5, 0.6) is 0 Å². The predicted octanol–water partition coefficient (Wildman–Crippen LogP) is 5.75. The number of fused-ring (bicyclic) bond motifs is 1. The Kier molecular flexibility index (Phi) is 5.25. The van der Waals surface area contributed by atoms with E-state index in [0.29, 0.717) is 11.5 Å². The van der Waals surface area contributed by atoms with Crippen LogP contribution in [0.25, 0.3) is 27.5 Å². The molecule has 32 heavy (non-hydrogen) atoms. The van der Waals surface area contributed by atoms with Crippen LogP contribution in [0.1, 0.15) is 11.3 Å². The molecule has 158 valence electrons. The molecule has 0 radical (unpaired) electrons. The van der Waals surface area contributed by atoms with Gasteiger partial charge in [-0.05, 0) is 42.8 Å². The van der Waals surface area contributed by atoms with Crippen LogP contribution in [-0.4, -0.2) is 20.3 Å². The van der Waals surface area contributed by atoms with Gasteiger partial charge in [-0.3, -0.25) is 9.20 Å². The van der Waals surface area contributed by atoms with E-state index in [4.69, 9.17) is 4.98 Å². The number of halogens is 1. The number of rotatable bonds is 5. The van der Waals surface area contributed by atoms with Crippen molar-refractivity contribution in [2.45, 2.75) is 13.3 Å². The van der Waals surface area contributed by atoms with Crippen LogP contribution < -0.4 is 5.32 Å². The molecule has 1 N–H and O–H groups in total. The number of aryl methyl sites for hydroxylation is 1. The largest absolute Gasteiger partial charge is 0.310 e. The maximum Gasteiger partial charge on any atom is 0.231 e. The highest BCUT2D eigenvalue weighted by Gasteiger charge is 2.18. The predicted molar refractivity (Wildman–Crippen MR) is 125 cm³/mol. The molecule has 0 aliphatic rings. The van der Waals surface area contributed by atoms with Crippen LogP contribution in [-0.2, 0) is 11.2 Å². The molecule has 1 amide bonds. The second-order valence-corrected chi connectivity index (χ2v) is 8.29. The molecule has 0 aliphatic heterocycles. The van der Waals surface area contributed by atoms with Crippen molar-refractivity contribution >= 4 is 28.7 Å². The van der Waals surface area contributed by atoms with Gasteiger partial charge in [-0.25, -0.2) is 14.4 Å². The van der Waals surface area contributed by atoms with E-state index >= 15 is 0 Å². The first kappa shape index (κ1) is 20.1. The van der Waals surface area contributed by atoms with E-state index in [2.05, 4.69) is 10.3 Å². The Morgan fingerprint density at radius 3 is 2.56 bits per heavy atom. The Labute approximate surface area is 188 Å². The van der Waals surface area contributed by atoms with Gasteiger partial charge in [0.1, 0.15) is 28.0 Å². The van der Waals surface area contributed by atoms with Gasteiger partial charge in [-0.15, -0.1) is 11.3 Å². The normalized spacial score (nSPS) is 11.1. The first-order valence-electron chi connectivity index (χ1n) is 10.1. The van der Waals surface area contributed by atoms with Crippen molar-refractivity contribution in [2.24, 2.45) is 0 Å². The summed E-state index contributed by atoms with van der Waals surface area (Å²) >= 11 is 1.43. The molecular formula is C25H19FN4OS. The molecule has 0 unspecified atom stereocenters. The highest BCUT2D eigenvalue weighted by Crippen LogP contribution is 2.30. The number of carbonyl (C=O) groups is 1. The third-order valence-corrected chi connectivity index (χ3v) is 6.07. The number of anilines is 1. The molecule has 0 fully saturated rings. The van der Waals surface area contributed by atoms with Gasteiger partial charge < -0.3 is 5.32 Å². The molecular weight excluding hydrogens is 423 g/mol. The number of nitrogens with one attached hydrogen (secondary N) is 1. The van der Waals surface area contributed by atoms with Crippen molar-refractivity contribution in [3.63, 3.8) is 0 Å². The van der Waals surface area contributed by atoms with E-state index in [1.807, 2.05) is 65.4 Å². The zero-order chi connectivity index (χ0) is 22.1. The quantitative estimate of drug-likeness (QED) is 0.377. The number of amides is 1. The van der Waals surface area contributed by atoms with Gasteiger partial charge in [0.2, 0.25) is 5.91 Å². The molecule has 5 aromatic rings. The Bertz CT molecular complexity index is 1410. The van der Waals surface area contributed by atoms with E-state index in [-0.39, 0.29) is 18.1 Å². The molecule has 0 bridgehead atoms. The number of imidazole rings is 1. The number of hydrogen-bond donors (Lipinski definition) is 1. The van der Waals surface area contributed by atoms with Crippen LogP contribution in [0.15, 0.2) is 78.3 Å². The average molecular weight is 443 g/mol. The van der Waals surface area contributed by atoms with E-state index in [9.17, 15) is 9.18 Å². The fourth-order valence-corrected chi connectivity index (χ4v) is 4.40. The molecule has 7 heteroatoms. The van der Waals surface area contributed by atoms with Crippen molar-refractivity contribution in [1.29, 1.82) is 0 Å². The lowest BCUT2D eigenvalue weighted by atomic mass is 10.1. The van der Waals surface area contributed by atoms with Crippen LogP contribution in [0, 0.1) is 12.7 Å². The monoisotopic (exact) mass is 442 g/mol. The topological polar surface area (TPSA) is 59.3 Å². The summed E-state index contributed by atoms with van der Waals surface area (Å²) in [6.45, 7) is 2.00. The number of pyridine rings is 1. The van der Waals surface area contributed by atoms with Crippen molar-refractivity contribution in [1.82, 2.24) is 14.4 Å². The van der Waals surface area contributed by atoms with Crippen molar-refractivity contribution < 1.29 is 9.18 Å². The molecule has 0 saturated heterocycles. The summed E-state index contributed by atoms with van der Waals surface area (Å²) in [4.78, 5) is 22.3. The maximum absolute atomic E-state index is 13.2. The molecule has 0 saturated carbocycles. The number of aromatic nitrogens is 3. The van der Waals surface area contributed by atoms with Crippen molar-refractivity contribution in [3.8, 4) is 21.8 Å². The average Bonchev–Trinajstić information content (AvgIpc) is 3.41. The summed E-state index contributed by atoms with van der Waals surface area (Å²) in [6, 6.07) is 19.9. The van der Waals surface area contributed by atoms with Crippen LogP contribution in [0.2, 0.25) is 0 Å². The van der Waals surface area contributed by atoms with Gasteiger partial charge in [-0.1, -0.05) is 36.4 Å². The molecule has 5 nitrogen and oxygen atoms in total. The molecule has 0 atom stereocenters. The third-order valence-electron chi connectivity index (χ3n) is 5.13. The van der Waals surface area contributed by atoms with E-state index in [1.54, 1.807) is 12.1 Å². The number of nitrogens with zero attached hydrogens (tertiary/aromatic N) is 3. The maximum atomic E-state index is 13.2. The highest BCUT2D eigenvalue weighted by molar-refractivity contribution is 7.13. The standard InChI is InChI=1S/C25H19FN4OS/c1-16-6-5-13-30-23(16)29-22(17-7-3-2-4-8-17)24(30)28-21(31)14-20-15-32-25(27-20)18-9-11-19(26)12-10-18/h2-13,15H,14H2,1H3,(H,28,31). The second kappa shape index (κ2) is 8.36. The Hall–Kier alpha value is -3.84. The lowest BCUT2D eigenvalue weighted by molar-refractivity contribution is -0.115. The fraction of sp³-hybridized carbons (Fsp3) is 0.0800. The zero-order valence-electron chi connectivity index (χ0n) is 17.2. The van der Waals surface area contributed by atoms with E-state index in [1.165, 1.54) is 23.5 Å². The van der Waals surface area contributed by atoms with Crippen molar-refractivity contribution in [3.05, 3.63) is 95.4 Å². The summed E-state index contributed by atoms with van der Waals surface area (Å²) in [5.74, 6) is 0.165. The van der Waals surface area contributed by atoms with Gasteiger partial charge >= 0.3 is 0 Å². The molecule has 0 spiro atoms. The van der Waals surface area contributed by atoms with Gasteiger partial charge in [0.15, 0.2) is 0 Å². The number of carbonyl (C=O) groups excluding carboxylic acids is 1. The summed E-state index contributed by atoms with van der Waals surface area (Å²) in [5, 5.41) is 5.65. The van der Waals surface area contributed by atoms with Gasteiger partial charge in [0.05, 0.1) is 12.1 Å². The smallest absolute Gasteiger partial charge is 0.231 e. The van der Waals surface area contributed by atoms with Gasteiger partial charge in [0, 0.05) is 22.7 Å². The Morgan fingerprint density at radius 1 is 1.00 bits per heavy atom.